The van der Waals surface area contributed by atoms with Gasteiger partial charge in [0.25, 0.3) is 5.56 Å². The number of aliphatic imine (C=N–C) groups is 1. The molecular weight excluding hydrogens is 342 g/mol. The van der Waals surface area contributed by atoms with Crippen LogP contribution in [0.25, 0.3) is 6.08 Å². The van der Waals surface area contributed by atoms with Crippen LogP contribution < -0.4 is 15.0 Å². The van der Waals surface area contributed by atoms with E-state index in [1.54, 1.807) is 25.1 Å². The van der Waals surface area contributed by atoms with E-state index in [4.69, 9.17) is 9.47 Å². The van der Waals surface area contributed by atoms with E-state index in [2.05, 4.69) is 21.7 Å². The quantitative estimate of drug-likeness (QED) is 0.642. The van der Waals surface area contributed by atoms with Gasteiger partial charge in [-0.25, -0.2) is 4.98 Å². The molecule has 0 amide bonds. The summed E-state index contributed by atoms with van der Waals surface area (Å²) in [5, 5.41) is 0. The molecule has 2 aromatic carbocycles. The van der Waals surface area contributed by atoms with Gasteiger partial charge in [0.2, 0.25) is 0 Å². The van der Waals surface area contributed by atoms with Gasteiger partial charge in [-0.1, -0.05) is 18.2 Å². The highest BCUT2D eigenvalue weighted by Crippen LogP contribution is 2.23. The molecule has 0 saturated heterocycles. The molecule has 0 radical (unpaired) electrons. The maximum absolute atomic E-state index is 12.1. The number of hydrogen-bond donors (Lipinski definition) is 1. The number of ether oxygens (including phenoxy) is 2. The zero-order valence-corrected chi connectivity index (χ0v) is 14.9. The number of hydrogen-bond acceptors (Lipinski definition) is 5. The first-order valence-corrected chi connectivity index (χ1v) is 8.33. The highest BCUT2D eigenvalue weighted by atomic mass is 16.5. The molecule has 3 aromatic rings. The van der Waals surface area contributed by atoms with Crippen molar-refractivity contribution in [3.05, 3.63) is 88.2 Å². The summed E-state index contributed by atoms with van der Waals surface area (Å²) in [6.07, 6.45) is 3.03. The lowest BCUT2D eigenvalue weighted by molar-refractivity contribution is 0.294. The Balaban J connectivity index is 1.64. The molecule has 0 spiro atoms. The monoisotopic (exact) mass is 361 g/mol. The van der Waals surface area contributed by atoms with Crippen LogP contribution in [0, 0.1) is 6.92 Å². The van der Waals surface area contributed by atoms with Crippen LogP contribution in [0.3, 0.4) is 0 Å². The Kier molecular flexibility index (Phi) is 5.79. The highest BCUT2D eigenvalue weighted by molar-refractivity contribution is 5.51. The lowest BCUT2D eigenvalue weighted by atomic mass is 10.2. The van der Waals surface area contributed by atoms with Crippen molar-refractivity contribution in [2.45, 2.75) is 13.5 Å². The van der Waals surface area contributed by atoms with E-state index in [0.29, 0.717) is 28.6 Å². The van der Waals surface area contributed by atoms with Crippen molar-refractivity contribution in [1.29, 1.82) is 0 Å². The van der Waals surface area contributed by atoms with Gasteiger partial charge in [0.15, 0.2) is 0 Å². The van der Waals surface area contributed by atoms with E-state index in [-0.39, 0.29) is 12.2 Å². The molecule has 0 fully saturated rings. The van der Waals surface area contributed by atoms with E-state index in [1.807, 2.05) is 42.5 Å². The Bertz CT molecular complexity index is 993. The Morgan fingerprint density at radius 3 is 2.41 bits per heavy atom. The highest BCUT2D eigenvalue weighted by Gasteiger charge is 2.06. The summed E-state index contributed by atoms with van der Waals surface area (Å²) >= 11 is 0. The van der Waals surface area contributed by atoms with Crippen LogP contribution >= 0.6 is 0 Å². The van der Waals surface area contributed by atoms with Gasteiger partial charge in [0, 0.05) is 6.20 Å². The van der Waals surface area contributed by atoms with Crippen LogP contribution in [0.1, 0.15) is 17.1 Å². The van der Waals surface area contributed by atoms with Crippen LogP contribution in [0.5, 0.6) is 17.2 Å². The van der Waals surface area contributed by atoms with Gasteiger partial charge in [-0.15, -0.1) is 0 Å². The van der Waals surface area contributed by atoms with Gasteiger partial charge in [0.05, 0.1) is 11.3 Å². The number of nitrogens with zero attached hydrogens (tertiary/aromatic N) is 2. The minimum atomic E-state index is -0.243. The average Bonchev–Trinajstić information content (AvgIpc) is 2.68. The SMILES string of the molecule is C=N/C=C\c1c(C)nc(COc2ccc(Oc3ccccc3)cc2)[nH]c1=O. The van der Waals surface area contributed by atoms with Crippen LogP contribution in [-0.4, -0.2) is 16.7 Å². The van der Waals surface area contributed by atoms with Crippen LogP contribution in [-0.2, 0) is 6.61 Å². The van der Waals surface area contributed by atoms with Crippen molar-refractivity contribution in [2.75, 3.05) is 0 Å². The molecule has 0 aliphatic rings. The maximum Gasteiger partial charge on any atom is 0.258 e. The van der Waals surface area contributed by atoms with Crippen molar-refractivity contribution in [2.24, 2.45) is 4.99 Å². The molecule has 0 saturated carbocycles. The Morgan fingerprint density at radius 2 is 1.74 bits per heavy atom. The Morgan fingerprint density at radius 1 is 1.07 bits per heavy atom. The number of para-hydroxylation sites is 1. The first-order valence-electron chi connectivity index (χ1n) is 8.33. The molecule has 1 heterocycles. The van der Waals surface area contributed by atoms with Crippen LogP contribution in [0.4, 0.5) is 0 Å². The summed E-state index contributed by atoms with van der Waals surface area (Å²) < 4.78 is 11.4. The van der Waals surface area contributed by atoms with E-state index in [9.17, 15) is 4.79 Å². The predicted octanol–water partition coefficient (Wildman–Crippen LogP) is 4.12. The van der Waals surface area contributed by atoms with E-state index in [1.165, 1.54) is 6.20 Å². The largest absolute Gasteiger partial charge is 0.486 e. The third-order valence-electron chi connectivity index (χ3n) is 3.72. The molecule has 6 nitrogen and oxygen atoms in total. The molecule has 0 unspecified atom stereocenters. The van der Waals surface area contributed by atoms with Gasteiger partial charge >= 0.3 is 0 Å². The summed E-state index contributed by atoms with van der Waals surface area (Å²) in [5.41, 5.74) is 0.810. The fourth-order valence-electron chi connectivity index (χ4n) is 2.43. The second kappa shape index (κ2) is 8.62. The number of benzene rings is 2. The maximum atomic E-state index is 12.1. The zero-order chi connectivity index (χ0) is 19.1. The molecule has 136 valence electrons. The Hall–Kier alpha value is -3.67. The topological polar surface area (TPSA) is 76.6 Å². The second-order valence-corrected chi connectivity index (χ2v) is 5.69. The molecular formula is C21H19N3O3. The van der Waals surface area contributed by atoms with E-state index in [0.717, 1.165) is 5.75 Å². The number of H-pyrrole nitrogens is 1. The van der Waals surface area contributed by atoms with Crippen molar-refractivity contribution in [1.82, 2.24) is 9.97 Å². The number of aromatic nitrogens is 2. The smallest absolute Gasteiger partial charge is 0.258 e. The predicted molar refractivity (Wildman–Crippen MR) is 105 cm³/mol. The van der Waals surface area contributed by atoms with Gasteiger partial charge in [-0.05, 0) is 56.1 Å². The zero-order valence-electron chi connectivity index (χ0n) is 14.9. The van der Waals surface area contributed by atoms with Crippen LogP contribution in [0.2, 0.25) is 0 Å². The van der Waals surface area contributed by atoms with Crippen LogP contribution in [0.15, 0.2) is 70.6 Å². The summed E-state index contributed by atoms with van der Waals surface area (Å²) in [5.74, 6) is 2.58. The third kappa shape index (κ3) is 4.92. The van der Waals surface area contributed by atoms with E-state index < -0.39 is 0 Å². The molecule has 0 aliphatic carbocycles. The number of nitrogens with one attached hydrogen (secondary N) is 1. The fourth-order valence-corrected chi connectivity index (χ4v) is 2.43. The number of aromatic amines is 1. The minimum Gasteiger partial charge on any atom is -0.486 e. The standard InChI is InChI=1S/C21H19N3O3/c1-15-19(12-13-22-2)21(25)24-20(23-15)14-26-16-8-10-18(11-9-16)27-17-6-4-3-5-7-17/h3-13H,2,14H2,1H3,(H,23,24,25)/b13-12-. The molecule has 6 heteroatoms. The minimum absolute atomic E-state index is 0.151. The van der Waals surface area contributed by atoms with Crippen molar-refractivity contribution in [3.63, 3.8) is 0 Å². The van der Waals surface area contributed by atoms with E-state index >= 15 is 0 Å². The first kappa shape index (κ1) is 18.1. The number of aryl methyl sites for hydroxylation is 1. The molecule has 27 heavy (non-hydrogen) atoms. The van der Waals surface area contributed by atoms with Gasteiger partial charge < -0.3 is 14.5 Å². The normalized spacial score (nSPS) is 10.7. The Labute approximate surface area is 156 Å². The summed E-state index contributed by atoms with van der Waals surface area (Å²) in [6.45, 7) is 5.26. The lowest BCUT2D eigenvalue weighted by Gasteiger charge is -2.09. The second-order valence-electron chi connectivity index (χ2n) is 5.69. The lowest BCUT2D eigenvalue weighted by Crippen LogP contribution is -2.17. The van der Waals surface area contributed by atoms with Crippen molar-refractivity contribution < 1.29 is 9.47 Å². The van der Waals surface area contributed by atoms with Gasteiger partial charge in [0.1, 0.15) is 29.7 Å². The first-order chi connectivity index (χ1) is 13.2. The van der Waals surface area contributed by atoms with Gasteiger partial charge in [-0.3, -0.25) is 9.79 Å². The third-order valence-corrected chi connectivity index (χ3v) is 3.72. The summed E-state index contributed by atoms with van der Waals surface area (Å²) in [4.78, 5) is 22.8. The fraction of sp³-hybridized carbons (Fsp3) is 0.0952. The summed E-state index contributed by atoms with van der Waals surface area (Å²) in [7, 11) is 0. The average molecular weight is 361 g/mol. The van der Waals surface area contributed by atoms with Gasteiger partial charge in [-0.2, -0.15) is 0 Å². The molecule has 3 rings (SSSR count). The molecule has 0 atom stereocenters. The molecule has 0 bridgehead atoms. The van der Waals surface area contributed by atoms with Crippen molar-refractivity contribution >= 4 is 12.8 Å². The molecule has 1 aromatic heterocycles. The van der Waals surface area contributed by atoms with Crippen molar-refractivity contribution in [3.8, 4) is 17.2 Å². The summed E-state index contributed by atoms with van der Waals surface area (Å²) in [6, 6.07) is 16.8. The number of rotatable bonds is 7. The molecule has 0 aliphatic heterocycles. The molecule has 1 N–H and O–H groups in total.